The van der Waals surface area contributed by atoms with Crippen LogP contribution in [0.25, 0.3) is 0 Å². The Morgan fingerprint density at radius 2 is 2.06 bits per heavy atom. The Balaban J connectivity index is 2.08. The number of carbonyl (C=O) groups is 1. The first-order valence-electron chi connectivity index (χ1n) is 5.11. The third-order valence-electron chi connectivity index (χ3n) is 2.60. The van der Waals surface area contributed by atoms with Crippen molar-refractivity contribution in [2.75, 3.05) is 5.32 Å². The van der Waals surface area contributed by atoms with Crippen LogP contribution in [0, 0.1) is 5.92 Å². The summed E-state index contributed by atoms with van der Waals surface area (Å²) in [5, 5.41) is 12.3. The summed E-state index contributed by atoms with van der Waals surface area (Å²) in [6.07, 6.45) is 5.57. The van der Waals surface area contributed by atoms with Crippen LogP contribution in [-0.2, 0) is 4.79 Å². The summed E-state index contributed by atoms with van der Waals surface area (Å²) < 4.78 is 0.824. The lowest BCUT2D eigenvalue weighted by atomic mass is 10.1. The van der Waals surface area contributed by atoms with Crippen molar-refractivity contribution in [1.82, 2.24) is 0 Å². The zero-order valence-electron chi connectivity index (χ0n) is 8.61. The summed E-state index contributed by atoms with van der Waals surface area (Å²) >= 11 is 3.29. The SMILES string of the molecule is O=C(Nc1cc(Br)ccc1O)C1CC=CC1. The van der Waals surface area contributed by atoms with Crippen LogP contribution in [0.5, 0.6) is 5.75 Å². The van der Waals surface area contributed by atoms with Crippen LogP contribution in [0.2, 0.25) is 0 Å². The van der Waals surface area contributed by atoms with E-state index in [0.29, 0.717) is 5.69 Å². The molecule has 2 N–H and O–H groups in total. The van der Waals surface area contributed by atoms with E-state index >= 15 is 0 Å². The van der Waals surface area contributed by atoms with Gasteiger partial charge in [-0.2, -0.15) is 0 Å². The molecule has 1 aliphatic rings. The molecule has 0 fully saturated rings. The highest BCUT2D eigenvalue weighted by Gasteiger charge is 2.19. The molecule has 16 heavy (non-hydrogen) atoms. The maximum Gasteiger partial charge on any atom is 0.228 e. The standard InChI is InChI=1S/C12H12BrNO2/c13-9-5-6-11(15)10(7-9)14-12(16)8-3-1-2-4-8/h1-2,5-8,15H,3-4H2,(H,14,16). The third kappa shape index (κ3) is 2.44. The van der Waals surface area contributed by atoms with Gasteiger partial charge in [0.1, 0.15) is 5.75 Å². The van der Waals surface area contributed by atoms with E-state index in [-0.39, 0.29) is 17.6 Å². The number of rotatable bonds is 2. The van der Waals surface area contributed by atoms with Crippen LogP contribution in [-0.4, -0.2) is 11.0 Å². The highest BCUT2D eigenvalue weighted by atomic mass is 79.9. The summed E-state index contributed by atoms with van der Waals surface area (Å²) in [6, 6.07) is 4.96. The van der Waals surface area contributed by atoms with Crippen LogP contribution in [0.3, 0.4) is 0 Å². The number of aromatic hydroxyl groups is 1. The van der Waals surface area contributed by atoms with E-state index < -0.39 is 0 Å². The van der Waals surface area contributed by atoms with E-state index in [2.05, 4.69) is 21.2 Å². The first-order valence-corrected chi connectivity index (χ1v) is 5.90. The number of anilines is 1. The lowest BCUT2D eigenvalue weighted by Crippen LogP contribution is -2.20. The zero-order valence-corrected chi connectivity index (χ0v) is 10.2. The first-order chi connectivity index (χ1) is 7.66. The molecule has 1 amide bonds. The number of hydrogen-bond acceptors (Lipinski definition) is 2. The highest BCUT2D eigenvalue weighted by molar-refractivity contribution is 9.10. The molecular weight excluding hydrogens is 270 g/mol. The predicted octanol–water partition coefficient (Wildman–Crippen LogP) is 3.06. The van der Waals surface area contributed by atoms with Crippen molar-refractivity contribution in [1.29, 1.82) is 0 Å². The van der Waals surface area contributed by atoms with Crippen molar-refractivity contribution in [3.8, 4) is 5.75 Å². The average Bonchev–Trinajstić information content (AvgIpc) is 2.76. The molecule has 0 spiro atoms. The molecule has 0 bridgehead atoms. The Morgan fingerprint density at radius 3 is 2.75 bits per heavy atom. The second-order valence-corrected chi connectivity index (χ2v) is 4.71. The number of phenols is 1. The van der Waals surface area contributed by atoms with Gasteiger partial charge < -0.3 is 10.4 Å². The largest absolute Gasteiger partial charge is 0.506 e. The molecule has 0 saturated heterocycles. The van der Waals surface area contributed by atoms with Gasteiger partial charge in [0.2, 0.25) is 5.91 Å². The second-order valence-electron chi connectivity index (χ2n) is 3.79. The van der Waals surface area contributed by atoms with Gasteiger partial charge in [-0.1, -0.05) is 28.1 Å². The van der Waals surface area contributed by atoms with Gasteiger partial charge in [0.25, 0.3) is 0 Å². The molecule has 0 heterocycles. The number of halogens is 1. The van der Waals surface area contributed by atoms with Crippen molar-refractivity contribution in [3.05, 3.63) is 34.8 Å². The van der Waals surface area contributed by atoms with E-state index in [0.717, 1.165) is 17.3 Å². The van der Waals surface area contributed by atoms with Crippen LogP contribution in [0.15, 0.2) is 34.8 Å². The molecule has 4 heteroatoms. The summed E-state index contributed by atoms with van der Waals surface area (Å²) in [6.45, 7) is 0. The molecule has 2 rings (SSSR count). The smallest absolute Gasteiger partial charge is 0.228 e. The Bertz CT molecular complexity index is 435. The van der Waals surface area contributed by atoms with E-state index in [1.54, 1.807) is 18.2 Å². The van der Waals surface area contributed by atoms with Crippen LogP contribution < -0.4 is 5.32 Å². The number of phenolic OH excluding ortho intramolecular Hbond substituents is 1. The van der Waals surface area contributed by atoms with Gasteiger partial charge in [-0.25, -0.2) is 0 Å². The van der Waals surface area contributed by atoms with Gasteiger partial charge in [-0.15, -0.1) is 0 Å². The maximum atomic E-state index is 11.8. The Hall–Kier alpha value is -1.29. The first kappa shape index (κ1) is 11.2. The topological polar surface area (TPSA) is 49.3 Å². The molecule has 1 aromatic carbocycles. The van der Waals surface area contributed by atoms with E-state index in [4.69, 9.17) is 0 Å². The van der Waals surface area contributed by atoms with E-state index in [9.17, 15) is 9.90 Å². The molecule has 0 aliphatic heterocycles. The quantitative estimate of drug-likeness (QED) is 0.647. The van der Waals surface area contributed by atoms with Gasteiger partial charge in [0.05, 0.1) is 5.69 Å². The lowest BCUT2D eigenvalue weighted by Gasteiger charge is -2.11. The fourth-order valence-electron chi connectivity index (χ4n) is 1.67. The van der Waals surface area contributed by atoms with Gasteiger partial charge in [-0.05, 0) is 31.0 Å². The third-order valence-corrected chi connectivity index (χ3v) is 3.09. The molecule has 1 aromatic rings. The number of carbonyl (C=O) groups excluding carboxylic acids is 1. The monoisotopic (exact) mass is 281 g/mol. The summed E-state index contributed by atoms with van der Waals surface area (Å²) in [4.78, 5) is 11.8. The van der Waals surface area contributed by atoms with Crippen molar-refractivity contribution in [3.63, 3.8) is 0 Å². The summed E-state index contributed by atoms with van der Waals surface area (Å²) in [7, 11) is 0. The van der Waals surface area contributed by atoms with Crippen molar-refractivity contribution in [2.24, 2.45) is 5.92 Å². The van der Waals surface area contributed by atoms with Gasteiger partial charge >= 0.3 is 0 Å². The Kier molecular flexibility index (Phi) is 3.29. The normalized spacial score (nSPS) is 15.3. The van der Waals surface area contributed by atoms with Crippen LogP contribution in [0.1, 0.15) is 12.8 Å². The molecule has 0 radical (unpaired) electrons. The number of hydrogen-bond donors (Lipinski definition) is 2. The number of nitrogens with one attached hydrogen (secondary N) is 1. The predicted molar refractivity (Wildman–Crippen MR) is 66.3 cm³/mol. The summed E-state index contributed by atoms with van der Waals surface area (Å²) in [5.74, 6) is 0.0410. The summed E-state index contributed by atoms with van der Waals surface area (Å²) in [5.41, 5.74) is 0.450. The zero-order chi connectivity index (χ0) is 11.5. The minimum atomic E-state index is -0.0431. The fourth-order valence-corrected chi connectivity index (χ4v) is 2.04. The molecule has 0 aromatic heterocycles. The van der Waals surface area contributed by atoms with Crippen LogP contribution >= 0.6 is 15.9 Å². The van der Waals surface area contributed by atoms with Gasteiger partial charge in [0.15, 0.2) is 0 Å². The molecule has 84 valence electrons. The van der Waals surface area contributed by atoms with Crippen LogP contribution in [0.4, 0.5) is 5.69 Å². The van der Waals surface area contributed by atoms with Crippen molar-refractivity contribution >= 4 is 27.5 Å². The lowest BCUT2D eigenvalue weighted by molar-refractivity contribution is -0.119. The van der Waals surface area contributed by atoms with Crippen molar-refractivity contribution in [2.45, 2.75) is 12.8 Å². The highest BCUT2D eigenvalue weighted by Crippen LogP contribution is 2.28. The van der Waals surface area contributed by atoms with Gasteiger partial charge in [0, 0.05) is 10.4 Å². The molecule has 0 saturated carbocycles. The van der Waals surface area contributed by atoms with E-state index in [1.807, 2.05) is 12.2 Å². The number of benzene rings is 1. The molecule has 3 nitrogen and oxygen atoms in total. The fraction of sp³-hybridized carbons (Fsp3) is 0.250. The molecular formula is C12H12BrNO2. The minimum Gasteiger partial charge on any atom is -0.506 e. The van der Waals surface area contributed by atoms with Crippen molar-refractivity contribution < 1.29 is 9.90 Å². The number of amides is 1. The molecule has 1 aliphatic carbocycles. The minimum absolute atomic E-state index is 0.00150. The molecule has 0 atom stereocenters. The maximum absolute atomic E-state index is 11.8. The average molecular weight is 282 g/mol. The van der Waals surface area contributed by atoms with Gasteiger partial charge in [-0.3, -0.25) is 4.79 Å². The second kappa shape index (κ2) is 4.70. The Morgan fingerprint density at radius 1 is 1.38 bits per heavy atom. The Labute approximate surface area is 102 Å². The number of allylic oxidation sites excluding steroid dienone is 2. The van der Waals surface area contributed by atoms with E-state index in [1.165, 1.54) is 0 Å². The molecule has 0 unspecified atom stereocenters.